The van der Waals surface area contributed by atoms with Crippen molar-refractivity contribution in [2.45, 2.75) is 0 Å². The Labute approximate surface area is 68.3 Å². The van der Waals surface area contributed by atoms with Gasteiger partial charge in [0.15, 0.2) is 17.9 Å². The van der Waals surface area contributed by atoms with E-state index in [9.17, 15) is 13.6 Å². The summed E-state index contributed by atoms with van der Waals surface area (Å²) >= 11 is 0. The molecule has 1 aromatic rings. The van der Waals surface area contributed by atoms with Crippen LogP contribution in [0.5, 0.6) is 0 Å². The molecule has 0 aliphatic rings. The number of allylic oxidation sites excluding steroid dienone is 1. The van der Waals surface area contributed by atoms with Crippen LogP contribution in [0.1, 0.15) is 5.56 Å². The molecule has 0 radical (unpaired) electrons. The Morgan fingerprint density at radius 2 is 1.75 bits per heavy atom. The SMILES string of the molecule is O=CC(F)=C(F)c1ccccc1. The highest BCUT2D eigenvalue weighted by Gasteiger charge is 2.06. The fourth-order valence-corrected chi connectivity index (χ4v) is 0.774. The Hall–Kier alpha value is -1.51. The van der Waals surface area contributed by atoms with Crippen LogP contribution in [0.4, 0.5) is 8.78 Å². The van der Waals surface area contributed by atoms with Gasteiger partial charge in [-0.15, -0.1) is 0 Å². The fraction of sp³-hybridized carbons (Fsp3) is 0. The first kappa shape index (κ1) is 8.59. The maximum absolute atomic E-state index is 12.8. The van der Waals surface area contributed by atoms with Gasteiger partial charge in [-0.25, -0.2) is 8.78 Å². The van der Waals surface area contributed by atoms with Crippen molar-refractivity contribution in [1.29, 1.82) is 0 Å². The normalized spacial score (nSPS) is 12.2. The van der Waals surface area contributed by atoms with E-state index in [0.29, 0.717) is 0 Å². The molecule has 0 aliphatic carbocycles. The maximum atomic E-state index is 12.8. The molecule has 3 heteroatoms. The van der Waals surface area contributed by atoms with Gasteiger partial charge < -0.3 is 0 Å². The van der Waals surface area contributed by atoms with Crippen LogP contribution in [0.15, 0.2) is 36.2 Å². The summed E-state index contributed by atoms with van der Waals surface area (Å²) < 4.78 is 25.2. The molecule has 0 saturated heterocycles. The van der Waals surface area contributed by atoms with E-state index in [1.807, 2.05) is 0 Å². The summed E-state index contributed by atoms with van der Waals surface area (Å²) in [6.45, 7) is 0. The number of rotatable bonds is 2. The average molecular weight is 168 g/mol. The van der Waals surface area contributed by atoms with Gasteiger partial charge in [0, 0.05) is 5.56 Å². The van der Waals surface area contributed by atoms with Crippen molar-refractivity contribution in [2.24, 2.45) is 0 Å². The zero-order valence-electron chi connectivity index (χ0n) is 6.13. The van der Waals surface area contributed by atoms with Gasteiger partial charge in [-0.1, -0.05) is 30.3 Å². The largest absolute Gasteiger partial charge is 0.295 e. The lowest BCUT2D eigenvalue weighted by atomic mass is 10.2. The number of hydrogen-bond acceptors (Lipinski definition) is 1. The van der Waals surface area contributed by atoms with Crippen LogP contribution in [0.2, 0.25) is 0 Å². The molecule has 0 saturated carbocycles. The van der Waals surface area contributed by atoms with Crippen LogP contribution < -0.4 is 0 Å². The Morgan fingerprint density at radius 3 is 2.25 bits per heavy atom. The van der Waals surface area contributed by atoms with E-state index in [1.165, 1.54) is 12.1 Å². The third-order valence-electron chi connectivity index (χ3n) is 1.34. The van der Waals surface area contributed by atoms with Crippen molar-refractivity contribution < 1.29 is 13.6 Å². The van der Waals surface area contributed by atoms with Crippen molar-refractivity contribution in [1.82, 2.24) is 0 Å². The number of halogens is 2. The molecule has 0 amide bonds. The molecule has 0 heterocycles. The molecule has 0 aliphatic heterocycles. The molecule has 1 nitrogen and oxygen atoms in total. The van der Waals surface area contributed by atoms with E-state index in [-0.39, 0.29) is 11.8 Å². The van der Waals surface area contributed by atoms with Gasteiger partial charge in [0.1, 0.15) is 0 Å². The number of carbonyl (C=O) groups excluding carboxylic acids is 1. The molecular weight excluding hydrogens is 162 g/mol. The van der Waals surface area contributed by atoms with Crippen LogP contribution in [0.25, 0.3) is 5.83 Å². The molecule has 12 heavy (non-hydrogen) atoms. The third kappa shape index (κ3) is 1.75. The standard InChI is InChI=1S/C9H6F2O/c10-8(6-12)9(11)7-4-2-1-3-5-7/h1-6H. The quantitative estimate of drug-likeness (QED) is 0.489. The lowest BCUT2D eigenvalue weighted by Crippen LogP contribution is -1.82. The third-order valence-corrected chi connectivity index (χ3v) is 1.34. The van der Waals surface area contributed by atoms with Crippen LogP contribution in [0.3, 0.4) is 0 Å². The van der Waals surface area contributed by atoms with Crippen LogP contribution in [-0.4, -0.2) is 6.29 Å². The van der Waals surface area contributed by atoms with E-state index >= 15 is 0 Å². The number of carbonyl (C=O) groups is 1. The molecule has 0 unspecified atom stereocenters. The first-order chi connectivity index (χ1) is 5.75. The second-order valence-corrected chi connectivity index (χ2v) is 2.15. The zero-order valence-corrected chi connectivity index (χ0v) is 6.13. The monoisotopic (exact) mass is 168 g/mol. The van der Waals surface area contributed by atoms with Crippen molar-refractivity contribution in [3.05, 3.63) is 41.7 Å². The lowest BCUT2D eigenvalue weighted by molar-refractivity contribution is -0.106. The van der Waals surface area contributed by atoms with Gasteiger partial charge in [-0.2, -0.15) is 0 Å². The Morgan fingerprint density at radius 1 is 1.17 bits per heavy atom. The minimum Gasteiger partial charge on any atom is -0.295 e. The summed E-state index contributed by atoms with van der Waals surface area (Å²) in [4.78, 5) is 9.85. The molecule has 0 fully saturated rings. The number of hydrogen-bond donors (Lipinski definition) is 0. The first-order valence-electron chi connectivity index (χ1n) is 3.31. The maximum Gasteiger partial charge on any atom is 0.199 e. The Kier molecular flexibility index (Phi) is 2.69. The predicted molar refractivity (Wildman–Crippen MR) is 41.6 cm³/mol. The molecule has 0 bridgehead atoms. The highest BCUT2D eigenvalue weighted by atomic mass is 19.2. The lowest BCUT2D eigenvalue weighted by Gasteiger charge is -1.94. The average Bonchev–Trinajstić information content (AvgIpc) is 2.17. The minimum atomic E-state index is -1.37. The van der Waals surface area contributed by atoms with E-state index < -0.39 is 11.7 Å². The predicted octanol–water partition coefficient (Wildman–Crippen LogP) is 2.49. The van der Waals surface area contributed by atoms with Crippen molar-refractivity contribution in [3.8, 4) is 0 Å². The van der Waals surface area contributed by atoms with E-state index in [4.69, 9.17) is 0 Å². The molecule has 1 aromatic carbocycles. The second-order valence-electron chi connectivity index (χ2n) is 2.15. The summed E-state index contributed by atoms with van der Waals surface area (Å²) in [6, 6.07) is 7.58. The highest BCUT2D eigenvalue weighted by Crippen LogP contribution is 2.19. The summed E-state index contributed by atoms with van der Waals surface area (Å²) in [6.07, 6.45) is -0.150. The van der Waals surface area contributed by atoms with Crippen LogP contribution >= 0.6 is 0 Å². The van der Waals surface area contributed by atoms with E-state index in [1.54, 1.807) is 18.2 Å². The van der Waals surface area contributed by atoms with Gasteiger partial charge in [0.05, 0.1) is 0 Å². The Balaban J connectivity index is 3.08. The van der Waals surface area contributed by atoms with Gasteiger partial charge in [0.2, 0.25) is 0 Å². The molecular formula is C9H6F2O. The summed E-state index contributed by atoms with van der Waals surface area (Å²) in [7, 11) is 0. The second kappa shape index (κ2) is 3.76. The number of aldehydes is 1. The molecule has 0 aromatic heterocycles. The van der Waals surface area contributed by atoms with E-state index in [2.05, 4.69) is 0 Å². The minimum absolute atomic E-state index is 0.0714. The molecule has 0 spiro atoms. The molecule has 0 N–H and O–H groups in total. The van der Waals surface area contributed by atoms with Crippen molar-refractivity contribution >= 4 is 12.1 Å². The smallest absolute Gasteiger partial charge is 0.199 e. The topological polar surface area (TPSA) is 17.1 Å². The summed E-state index contributed by atoms with van der Waals surface area (Å²) in [5.41, 5.74) is 0.0714. The van der Waals surface area contributed by atoms with Crippen LogP contribution in [-0.2, 0) is 4.79 Å². The van der Waals surface area contributed by atoms with Gasteiger partial charge in [-0.3, -0.25) is 4.79 Å². The van der Waals surface area contributed by atoms with Crippen molar-refractivity contribution in [2.75, 3.05) is 0 Å². The molecule has 1 rings (SSSR count). The summed E-state index contributed by atoms with van der Waals surface area (Å²) in [5.74, 6) is -2.49. The fourth-order valence-electron chi connectivity index (χ4n) is 0.774. The van der Waals surface area contributed by atoms with Crippen LogP contribution in [0, 0.1) is 0 Å². The first-order valence-corrected chi connectivity index (χ1v) is 3.31. The number of benzene rings is 1. The molecule has 0 atom stereocenters. The van der Waals surface area contributed by atoms with Crippen molar-refractivity contribution in [3.63, 3.8) is 0 Å². The molecule has 62 valence electrons. The highest BCUT2D eigenvalue weighted by molar-refractivity contribution is 5.82. The van der Waals surface area contributed by atoms with E-state index in [0.717, 1.165) is 0 Å². The zero-order chi connectivity index (χ0) is 8.97. The summed E-state index contributed by atoms with van der Waals surface area (Å²) in [5, 5.41) is 0. The Bertz CT molecular complexity index is 304. The van der Waals surface area contributed by atoms with Gasteiger partial charge in [-0.05, 0) is 0 Å². The van der Waals surface area contributed by atoms with Gasteiger partial charge in [0.25, 0.3) is 0 Å². The van der Waals surface area contributed by atoms with Gasteiger partial charge >= 0.3 is 0 Å².